The van der Waals surface area contributed by atoms with Crippen molar-refractivity contribution in [3.05, 3.63) is 18.7 Å². The highest BCUT2D eigenvalue weighted by Gasteiger charge is 2.26. The molecule has 0 atom stereocenters. The van der Waals surface area contributed by atoms with Crippen LogP contribution in [0, 0.1) is 5.92 Å². The number of hydrogen-bond acceptors (Lipinski definition) is 3. The topological polar surface area (TPSA) is 84.2 Å². The van der Waals surface area contributed by atoms with Gasteiger partial charge in [-0.3, -0.25) is 9.59 Å². The van der Waals surface area contributed by atoms with E-state index >= 15 is 0 Å². The lowest BCUT2D eigenvalue weighted by Crippen LogP contribution is -2.38. The van der Waals surface area contributed by atoms with Gasteiger partial charge >= 0.3 is 5.97 Å². The van der Waals surface area contributed by atoms with Crippen molar-refractivity contribution in [2.75, 3.05) is 0 Å². The van der Waals surface area contributed by atoms with Crippen LogP contribution in [-0.4, -0.2) is 32.6 Å². The fraction of sp³-hybridized carbons (Fsp3) is 0.615. The molecule has 1 aliphatic rings. The lowest BCUT2D eigenvalue weighted by Gasteiger charge is -2.26. The second-order valence-electron chi connectivity index (χ2n) is 5.00. The molecule has 0 aromatic carbocycles. The molecule has 1 aliphatic carbocycles. The van der Waals surface area contributed by atoms with Gasteiger partial charge in [0, 0.05) is 31.4 Å². The second kappa shape index (κ2) is 6.36. The molecule has 1 saturated carbocycles. The summed E-state index contributed by atoms with van der Waals surface area (Å²) >= 11 is 0. The van der Waals surface area contributed by atoms with Crippen LogP contribution in [0.15, 0.2) is 18.7 Å². The molecule has 2 N–H and O–H groups in total. The third kappa shape index (κ3) is 4.08. The minimum absolute atomic E-state index is 0.0208. The maximum absolute atomic E-state index is 11.8. The Morgan fingerprint density at radius 3 is 2.63 bits per heavy atom. The van der Waals surface area contributed by atoms with E-state index in [1.807, 2.05) is 10.8 Å². The number of carboxylic acids is 1. The fourth-order valence-corrected chi connectivity index (χ4v) is 2.43. The predicted octanol–water partition coefficient (Wildman–Crippen LogP) is 1.03. The zero-order chi connectivity index (χ0) is 13.7. The Labute approximate surface area is 111 Å². The van der Waals surface area contributed by atoms with Crippen molar-refractivity contribution < 1.29 is 14.7 Å². The number of aliphatic carboxylic acids is 1. The average Bonchev–Trinajstić information content (AvgIpc) is 2.90. The molecule has 0 spiro atoms. The van der Waals surface area contributed by atoms with Crippen LogP contribution in [0.25, 0.3) is 0 Å². The standard InChI is InChI=1S/C13H19N3O3/c17-12(5-7-16-8-6-14-9-16)15-11-3-1-10(2-4-11)13(18)19/h6,8-11H,1-5,7H2,(H,15,17)(H,18,19). The predicted molar refractivity (Wildman–Crippen MR) is 68.4 cm³/mol. The van der Waals surface area contributed by atoms with Gasteiger partial charge in [-0.05, 0) is 25.7 Å². The van der Waals surface area contributed by atoms with E-state index in [2.05, 4.69) is 10.3 Å². The Balaban J connectivity index is 1.67. The normalized spacial score (nSPS) is 22.9. The summed E-state index contributed by atoms with van der Waals surface area (Å²) in [4.78, 5) is 26.5. The Morgan fingerprint density at radius 1 is 1.32 bits per heavy atom. The average molecular weight is 265 g/mol. The van der Waals surface area contributed by atoms with Gasteiger partial charge < -0.3 is 15.0 Å². The smallest absolute Gasteiger partial charge is 0.306 e. The number of imidazole rings is 1. The van der Waals surface area contributed by atoms with Crippen LogP contribution < -0.4 is 5.32 Å². The van der Waals surface area contributed by atoms with Gasteiger partial charge in [0.05, 0.1) is 12.2 Å². The summed E-state index contributed by atoms with van der Waals surface area (Å²) in [6.07, 6.45) is 8.45. The number of carboxylic acid groups (broad SMARTS) is 1. The Bertz CT molecular complexity index is 422. The van der Waals surface area contributed by atoms with Gasteiger partial charge in [0.15, 0.2) is 0 Å². The first-order chi connectivity index (χ1) is 9.15. The highest BCUT2D eigenvalue weighted by Crippen LogP contribution is 2.24. The molecule has 1 aromatic heterocycles. The van der Waals surface area contributed by atoms with Crippen LogP contribution >= 0.6 is 0 Å². The molecular weight excluding hydrogens is 246 g/mol. The van der Waals surface area contributed by atoms with Crippen LogP contribution in [0.4, 0.5) is 0 Å². The summed E-state index contributed by atoms with van der Waals surface area (Å²) in [5, 5.41) is 11.9. The van der Waals surface area contributed by atoms with E-state index in [9.17, 15) is 9.59 Å². The first kappa shape index (κ1) is 13.6. The molecule has 1 amide bonds. The van der Waals surface area contributed by atoms with Crippen molar-refractivity contribution >= 4 is 11.9 Å². The highest BCUT2D eigenvalue weighted by atomic mass is 16.4. The number of hydrogen-bond donors (Lipinski definition) is 2. The number of carbonyl (C=O) groups excluding carboxylic acids is 1. The summed E-state index contributed by atoms with van der Waals surface area (Å²) < 4.78 is 1.86. The van der Waals surface area contributed by atoms with Crippen molar-refractivity contribution in [3.63, 3.8) is 0 Å². The van der Waals surface area contributed by atoms with Crippen molar-refractivity contribution in [3.8, 4) is 0 Å². The Hall–Kier alpha value is -1.85. The Morgan fingerprint density at radius 2 is 2.05 bits per heavy atom. The second-order valence-corrected chi connectivity index (χ2v) is 5.00. The summed E-state index contributed by atoms with van der Waals surface area (Å²) in [5.74, 6) is -0.934. The maximum Gasteiger partial charge on any atom is 0.306 e. The van der Waals surface area contributed by atoms with Crippen LogP contribution in [0.5, 0.6) is 0 Å². The number of amides is 1. The molecular formula is C13H19N3O3. The molecule has 0 aliphatic heterocycles. The van der Waals surface area contributed by atoms with Crippen molar-refractivity contribution in [1.29, 1.82) is 0 Å². The van der Waals surface area contributed by atoms with E-state index in [4.69, 9.17) is 5.11 Å². The lowest BCUT2D eigenvalue weighted by molar-refractivity contribution is -0.142. The molecule has 104 valence electrons. The molecule has 6 nitrogen and oxygen atoms in total. The summed E-state index contributed by atoms with van der Waals surface area (Å²) in [7, 11) is 0. The number of aromatic nitrogens is 2. The van der Waals surface area contributed by atoms with E-state index in [1.165, 1.54) is 0 Å². The van der Waals surface area contributed by atoms with E-state index in [1.54, 1.807) is 12.5 Å². The highest BCUT2D eigenvalue weighted by molar-refractivity contribution is 5.76. The largest absolute Gasteiger partial charge is 0.481 e. The lowest BCUT2D eigenvalue weighted by atomic mass is 9.86. The van der Waals surface area contributed by atoms with Crippen LogP contribution in [0.1, 0.15) is 32.1 Å². The minimum Gasteiger partial charge on any atom is -0.481 e. The molecule has 1 aromatic rings. The van der Waals surface area contributed by atoms with Gasteiger partial charge in [-0.1, -0.05) is 0 Å². The van der Waals surface area contributed by atoms with E-state index in [0.717, 1.165) is 12.8 Å². The monoisotopic (exact) mass is 265 g/mol. The molecule has 0 radical (unpaired) electrons. The molecule has 1 heterocycles. The number of rotatable bonds is 5. The third-order valence-electron chi connectivity index (χ3n) is 3.60. The van der Waals surface area contributed by atoms with E-state index < -0.39 is 5.97 Å². The summed E-state index contributed by atoms with van der Waals surface area (Å²) in [6, 6.07) is 0.130. The van der Waals surface area contributed by atoms with Gasteiger partial charge in [-0.15, -0.1) is 0 Å². The zero-order valence-electron chi connectivity index (χ0n) is 10.8. The van der Waals surface area contributed by atoms with Gasteiger partial charge in [-0.25, -0.2) is 4.98 Å². The Kier molecular flexibility index (Phi) is 4.54. The molecule has 6 heteroatoms. The SMILES string of the molecule is O=C(CCn1ccnc1)NC1CCC(C(=O)O)CC1. The van der Waals surface area contributed by atoms with Gasteiger partial charge in [0.2, 0.25) is 5.91 Å². The molecule has 1 fully saturated rings. The fourth-order valence-electron chi connectivity index (χ4n) is 2.43. The number of nitrogens with zero attached hydrogens (tertiary/aromatic N) is 2. The van der Waals surface area contributed by atoms with Crippen molar-refractivity contribution in [2.45, 2.75) is 44.7 Å². The van der Waals surface area contributed by atoms with Gasteiger partial charge in [0.1, 0.15) is 0 Å². The molecule has 2 rings (SSSR count). The molecule has 19 heavy (non-hydrogen) atoms. The maximum atomic E-state index is 11.8. The van der Waals surface area contributed by atoms with Crippen molar-refractivity contribution in [1.82, 2.24) is 14.9 Å². The van der Waals surface area contributed by atoms with Crippen LogP contribution in [0.3, 0.4) is 0 Å². The number of aryl methyl sites for hydroxylation is 1. The molecule has 0 bridgehead atoms. The minimum atomic E-state index is -0.718. The quantitative estimate of drug-likeness (QED) is 0.833. The molecule has 0 saturated heterocycles. The first-order valence-electron chi connectivity index (χ1n) is 6.63. The number of nitrogens with one attached hydrogen (secondary N) is 1. The van der Waals surface area contributed by atoms with E-state index in [-0.39, 0.29) is 17.9 Å². The zero-order valence-corrected chi connectivity index (χ0v) is 10.8. The summed E-state index contributed by atoms with van der Waals surface area (Å²) in [5.41, 5.74) is 0. The third-order valence-corrected chi connectivity index (χ3v) is 3.60. The van der Waals surface area contributed by atoms with Crippen molar-refractivity contribution in [2.24, 2.45) is 5.92 Å². The first-order valence-corrected chi connectivity index (χ1v) is 6.63. The van der Waals surface area contributed by atoms with E-state index in [0.29, 0.717) is 25.8 Å². The van der Waals surface area contributed by atoms with Crippen LogP contribution in [-0.2, 0) is 16.1 Å². The molecule has 0 unspecified atom stereocenters. The summed E-state index contributed by atoms with van der Waals surface area (Å²) in [6.45, 7) is 0.621. The van der Waals surface area contributed by atoms with Crippen LogP contribution in [0.2, 0.25) is 0 Å². The van der Waals surface area contributed by atoms with Gasteiger partial charge in [0.25, 0.3) is 0 Å². The van der Waals surface area contributed by atoms with Gasteiger partial charge in [-0.2, -0.15) is 0 Å². The number of carbonyl (C=O) groups is 2.